The van der Waals surface area contributed by atoms with E-state index in [1.807, 2.05) is 158 Å². The molecule has 0 saturated carbocycles. The summed E-state index contributed by atoms with van der Waals surface area (Å²) in [6.45, 7) is 5.15. The summed E-state index contributed by atoms with van der Waals surface area (Å²) in [6.07, 6.45) is 0. The molecular formula is C104H70O21. The number of phenolic OH excluding ortho intramolecular Hbond substituents is 1. The average Bonchev–Trinajstić information content (AvgIpc) is 1.60. The Morgan fingerprint density at radius 3 is 0.584 bits per heavy atom. The number of hydrogen-bond donors (Lipinski definition) is 1. The number of rotatable bonds is 19. The topological polar surface area (TPSA) is 244 Å². The molecule has 15 aromatic rings. The lowest BCUT2D eigenvalue weighted by molar-refractivity contribution is -0.0470. The van der Waals surface area contributed by atoms with E-state index < -0.39 is 75.9 Å². The van der Waals surface area contributed by atoms with E-state index in [2.05, 4.69) is 0 Å². The summed E-state index contributed by atoms with van der Waals surface area (Å²) in [6, 6.07) is 104. The standard InChI is InChI=1S/C104H70O21/c1-99(2,3)125-98(110)68-58-83(93-88(63-68)119-104(124-93,77-50-30-12-31-51-77)78-52-32-13-33-53-78)114-97(109)67-57-82(92-87(62-67)118-103(123-92,75-46-26-10-27-47-75)76-48-28-11-29-49-76)113-96(108)66-56-81(91-86(61-66)117-102(122-91,73-42-22-8-23-43-73)74-44-24-9-25-45-74)112-95(107)65-55-80(90-85(60-65)116-101(121-90,71-38-18-6-19-39-71)72-40-20-7-21-41-72)111-94(106)64-54-79(105)89-84(59-64)115-100(120-89,69-34-14-4-15-35-69)70-36-16-5-17-37-70/h4-63,105H,1-3H3. The van der Waals surface area contributed by atoms with Gasteiger partial charge in [-0.25, -0.2) is 24.0 Å². The van der Waals surface area contributed by atoms with Crippen molar-refractivity contribution in [1.29, 1.82) is 0 Å². The van der Waals surface area contributed by atoms with Crippen LogP contribution in [-0.2, 0) is 33.7 Å². The minimum absolute atomic E-state index is 0.00584. The highest BCUT2D eigenvalue weighted by Crippen LogP contribution is 2.60. The second-order valence-electron chi connectivity index (χ2n) is 30.9. The second-order valence-corrected chi connectivity index (χ2v) is 30.9. The van der Waals surface area contributed by atoms with Crippen LogP contribution in [0.2, 0.25) is 0 Å². The Bertz CT molecular complexity index is 6520. The van der Waals surface area contributed by atoms with Gasteiger partial charge in [0.15, 0.2) is 57.5 Å². The highest BCUT2D eigenvalue weighted by molar-refractivity contribution is 5.99. The Hall–Kier alpha value is -16.6. The number of ether oxygens (including phenoxy) is 15. The van der Waals surface area contributed by atoms with Gasteiger partial charge in [-0.1, -0.05) is 303 Å². The van der Waals surface area contributed by atoms with Crippen LogP contribution in [0.3, 0.4) is 0 Å². The lowest BCUT2D eigenvalue weighted by atomic mass is 9.97. The van der Waals surface area contributed by atoms with Crippen molar-refractivity contribution in [3.8, 4) is 86.2 Å². The molecule has 20 rings (SSSR count). The number of hydrogen-bond acceptors (Lipinski definition) is 21. The van der Waals surface area contributed by atoms with Crippen molar-refractivity contribution in [3.63, 3.8) is 0 Å². The summed E-state index contributed by atoms with van der Waals surface area (Å²) in [5, 5.41) is 11.9. The predicted octanol–water partition coefficient (Wildman–Crippen LogP) is 20.6. The van der Waals surface area contributed by atoms with Gasteiger partial charge in [0.25, 0.3) is 0 Å². The molecule has 21 heteroatoms. The average molecular weight is 1660 g/mol. The highest BCUT2D eigenvalue weighted by Gasteiger charge is 2.54. The fraction of sp³-hybridized carbons (Fsp3) is 0.0865. The number of esters is 5. The predicted molar refractivity (Wildman–Crippen MR) is 453 cm³/mol. The number of phenols is 1. The molecule has 5 aliphatic rings. The number of benzene rings is 15. The SMILES string of the molecule is CC(C)(C)OC(=O)c1cc(OC(=O)c2cc(OC(=O)c3cc(OC(=O)c4cc(OC(=O)c5cc(O)c6c(c5)OC(c5ccccc5)(c5ccccc5)O6)c5c(c4)OC(c4ccccc4)(c4ccccc4)O5)c4c(c3)OC(c3ccccc3)(c3ccccc3)O4)c3c(c2)OC(c2ccccc2)(c2ccccc2)O3)c2c(c1)OC(c1ccccc1)(c1ccccc1)O2. The zero-order valence-electron chi connectivity index (χ0n) is 66.8. The smallest absolute Gasteiger partial charge is 0.343 e. The van der Waals surface area contributed by atoms with E-state index >= 15 is 19.2 Å². The van der Waals surface area contributed by atoms with Gasteiger partial charge < -0.3 is 76.2 Å². The van der Waals surface area contributed by atoms with Crippen LogP contribution < -0.4 is 66.3 Å². The van der Waals surface area contributed by atoms with Crippen molar-refractivity contribution in [1.82, 2.24) is 0 Å². The molecule has 612 valence electrons. The minimum Gasteiger partial charge on any atom is -0.504 e. The highest BCUT2D eigenvalue weighted by atomic mass is 16.8. The van der Waals surface area contributed by atoms with Gasteiger partial charge in [0.05, 0.1) is 27.8 Å². The molecule has 125 heavy (non-hydrogen) atoms. The molecule has 0 bridgehead atoms. The quantitative estimate of drug-likeness (QED) is 0.0584. The third-order valence-corrected chi connectivity index (χ3v) is 21.5. The summed E-state index contributed by atoms with van der Waals surface area (Å²) in [5.74, 6) is -16.4. The molecule has 0 aliphatic carbocycles. The zero-order valence-corrected chi connectivity index (χ0v) is 66.8. The minimum atomic E-state index is -1.83. The van der Waals surface area contributed by atoms with E-state index in [-0.39, 0.29) is 103 Å². The van der Waals surface area contributed by atoms with Crippen LogP contribution in [0, 0.1) is 0 Å². The summed E-state index contributed by atoms with van der Waals surface area (Å²) in [5.41, 5.74) is 3.19. The molecule has 0 fully saturated rings. The Labute approximate surface area is 715 Å². The number of fused-ring (bicyclic) bond motifs is 5. The van der Waals surface area contributed by atoms with Crippen LogP contribution in [-0.4, -0.2) is 40.6 Å². The molecule has 0 aromatic heterocycles. The van der Waals surface area contributed by atoms with Crippen LogP contribution in [0.1, 0.15) is 128 Å². The van der Waals surface area contributed by atoms with Gasteiger partial charge in [-0.15, -0.1) is 0 Å². The van der Waals surface area contributed by atoms with Gasteiger partial charge in [-0.05, 0) is 81.4 Å². The Balaban J connectivity index is 0.698. The lowest BCUT2D eigenvalue weighted by Gasteiger charge is -2.28. The van der Waals surface area contributed by atoms with Gasteiger partial charge in [0.1, 0.15) is 5.60 Å². The molecule has 0 spiro atoms. The summed E-state index contributed by atoms with van der Waals surface area (Å²) in [4.78, 5) is 76.9. The van der Waals surface area contributed by atoms with Crippen LogP contribution in [0.5, 0.6) is 86.2 Å². The van der Waals surface area contributed by atoms with Crippen molar-refractivity contribution in [2.75, 3.05) is 0 Å². The summed E-state index contributed by atoms with van der Waals surface area (Å²) in [7, 11) is 0. The van der Waals surface area contributed by atoms with Gasteiger partial charge in [-0.3, -0.25) is 0 Å². The molecule has 15 aromatic carbocycles. The number of carbonyl (C=O) groups is 5. The van der Waals surface area contributed by atoms with Crippen molar-refractivity contribution in [2.45, 2.75) is 55.3 Å². The summed E-state index contributed by atoms with van der Waals surface area (Å²) < 4.78 is 101. The first-order valence-corrected chi connectivity index (χ1v) is 40.0. The maximum Gasteiger partial charge on any atom is 0.343 e. The molecule has 5 heterocycles. The third-order valence-electron chi connectivity index (χ3n) is 21.5. The Morgan fingerprint density at radius 2 is 0.392 bits per heavy atom. The number of carbonyl (C=O) groups excluding carboxylic acids is 5. The molecular weight excluding hydrogens is 1590 g/mol. The summed E-state index contributed by atoms with van der Waals surface area (Å²) >= 11 is 0. The second kappa shape index (κ2) is 30.6. The first kappa shape index (κ1) is 77.1. The van der Waals surface area contributed by atoms with E-state index in [1.54, 1.807) is 166 Å². The number of aromatic hydroxyl groups is 1. The van der Waals surface area contributed by atoms with Gasteiger partial charge >= 0.3 is 58.8 Å². The Morgan fingerprint density at radius 1 is 0.224 bits per heavy atom. The van der Waals surface area contributed by atoms with Gasteiger partial charge in [0.2, 0.25) is 28.7 Å². The molecule has 0 radical (unpaired) electrons. The first-order valence-electron chi connectivity index (χ1n) is 40.0. The van der Waals surface area contributed by atoms with Crippen LogP contribution in [0.4, 0.5) is 0 Å². The van der Waals surface area contributed by atoms with E-state index in [0.717, 1.165) is 0 Å². The molecule has 0 atom stereocenters. The maximum atomic E-state index is 16.0. The van der Waals surface area contributed by atoms with Gasteiger partial charge in [-0.2, -0.15) is 0 Å². The molecule has 21 nitrogen and oxygen atoms in total. The largest absolute Gasteiger partial charge is 0.504 e. The molecule has 0 unspecified atom stereocenters. The third kappa shape index (κ3) is 13.8. The van der Waals surface area contributed by atoms with E-state index in [0.29, 0.717) is 55.6 Å². The normalized spacial score (nSPS) is 14.9. The molecule has 0 saturated heterocycles. The van der Waals surface area contributed by atoms with Crippen molar-refractivity contribution < 1.29 is 100 Å². The van der Waals surface area contributed by atoms with Crippen LogP contribution in [0.15, 0.2) is 364 Å². The van der Waals surface area contributed by atoms with E-state index in [9.17, 15) is 9.90 Å². The molecule has 1 N–H and O–H groups in total. The monoisotopic (exact) mass is 1650 g/mol. The van der Waals surface area contributed by atoms with Crippen molar-refractivity contribution in [3.05, 3.63) is 447 Å². The first-order chi connectivity index (χ1) is 60.8. The van der Waals surface area contributed by atoms with Crippen molar-refractivity contribution in [2.24, 2.45) is 0 Å². The van der Waals surface area contributed by atoms with Crippen molar-refractivity contribution >= 4 is 29.8 Å². The molecule has 0 amide bonds. The zero-order chi connectivity index (χ0) is 85.2. The fourth-order valence-corrected chi connectivity index (χ4v) is 15.8. The van der Waals surface area contributed by atoms with E-state index in [4.69, 9.17) is 71.1 Å². The van der Waals surface area contributed by atoms with Gasteiger partial charge in [0, 0.05) is 55.6 Å². The fourth-order valence-electron chi connectivity index (χ4n) is 15.8. The van der Waals surface area contributed by atoms with E-state index in [1.165, 1.54) is 60.7 Å². The van der Waals surface area contributed by atoms with Crippen LogP contribution in [0.25, 0.3) is 0 Å². The Kier molecular flexibility index (Phi) is 18.9. The lowest BCUT2D eigenvalue weighted by Crippen LogP contribution is -2.36. The molecule has 5 aliphatic heterocycles. The maximum absolute atomic E-state index is 16.0. The van der Waals surface area contributed by atoms with Crippen LogP contribution >= 0.6 is 0 Å².